The van der Waals surface area contributed by atoms with Gasteiger partial charge in [-0.15, -0.1) is 0 Å². The molecular weight excluding hydrogens is 357 g/mol. The molecule has 0 aromatic heterocycles. The molecule has 1 aliphatic heterocycles. The summed E-state index contributed by atoms with van der Waals surface area (Å²) < 4.78 is 6.15. The lowest BCUT2D eigenvalue weighted by molar-refractivity contribution is -0.141. The van der Waals surface area contributed by atoms with Gasteiger partial charge in [-0.05, 0) is 34.2 Å². The topological polar surface area (TPSA) is 47.9 Å². The molecule has 0 N–H and O–H groups in total. The third-order valence-electron chi connectivity index (χ3n) is 2.89. The van der Waals surface area contributed by atoms with E-state index in [1.165, 1.54) is 16.1 Å². The zero-order valence-corrected chi connectivity index (χ0v) is 12.9. The first-order valence-electron chi connectivity index (χ1n) is 6.23. The molecule has 1 aliphatic rings. The van der Waals surface area contributed by atoms with Crippen LogP contribution in [0, 0.1) is 3.57 Å². The SMILES string of the molecule is CC(=O)OCCC1CC(Cc2ccccc2I)=NO1. The molecule has 19 heavy (non-hydrogen) atoms. The monoisotopic (exact) mass is 373 g/mol. The maximum Gasteiger partial charge on any atom is 0.302 e. The predicted octanol–water partition coefficient (Wildman–Crippen LogP) is 2.93. The first-order valence-corrected chi connectivity index (χ1v) is 7.31. The highest BCUT2D eigenvalue weighted by molar-refractivity contribution is 14.1. The van der Waals surface area contributed by atoms with Crippen LogP contribution in [0.4, 0.5) is 0 Å². The van der Waals surface area contributed by atoms with Gasteiger partial charge in [0.05, 0.1) is 12.3 Å². The molecule has 1 heterocycles. The fourth-order valence-corrected chi connectivity index (χ4v) is 2.52. The summed E-state index contributed by atoms with van der Waals surface area (Å²) in [6.45, 7) is 1.81. The van der Waals surface area contributed by atoms with Crippen LogP contribution in [0.5, 0.6) is 0 Å². The lowest BCUT2D eigenvalue weighted by atomic mass is 10.0. The van der Waals surface area contributed by atoms with E-state index in [2.05, 4.69) is 39.9 Å². The van der Waals surface area contributed by atoms with Crippen molar-refractivity contribution in [2.45, 2.75) is 32.3 Å². The molecule has 2 rings (SSSR count). The van der Waals surface area contributed by atoms with Crippen LogP contribution in [-0.4, -0.2) is 24.4 Å². The molecule has 0 saturated carbocycles. The van der Waals surface area contributed by atoms with Gasteiger partial charge in [-0.3, -0.25) is 4.79 Å². The summed E-state index contributed by atoms with van der Waals surface area (Å²) in [7, 11) is 0. The van der Waals surface area contributed by atoms with Crippen molar-refractivity contribution in [3.8, 4) is 0 Å². The molecule has 1 unspecified atom stereocenters. The molecule has 5 heteroatoms. The van der Waals surface area contributed by atoms with Gasteiger partial charge in [-0.2, -0.15) is 0 Å². The van der Waals surface area contributed by atoms with Crippen molar-refractivity contribution in [3.05, 3.63) is 33.4 Å². The molecular formula is C14H16INO3. The Morgan fingerprint density at radius 2 is 2.32 bits per heavy atom. The fourth-order valence-electron chi connectivity index (χ4n) is 1.94. The van der Waals surface area contributed by atoms with E-state index in [9.17, 15) is 4.79 Å². The van der Waals surface area contributed by atoms with E-state index in [1.54, 1.807) is 0 Å². The molecule has 4 nitrogen and oxygen atoms in total. The van der Waals surface area contributed by atoms with Crippen molar-refractivity contribution in [1.29, 1.82) is 0 Å². The van der Waals surface area contributed by atoms with Gasteiger partial charge in [0.2, 0.25) is 0 Å². The van der Waals surface area contributed by atoms with E-state index in [-0.39, 0.29) is 12.1 Å². The number of hydrogen-bond acceptors (Lipinski definition) is 4. The van der Waals surface area contributed by atoms with E-state index < -0.39 is 0 Å². The average Bonchev–Trinajstić information content (AvgIpc) is 2.79. The van der Waals surface area contributed by atoms with Gasteiger partial charge in [0.1, 0.15) is 6.10 Å². The number of nitrogens with zero attached hydrogens (tertiary/aromatic N) is 1. The Balaban J connectivity index is 1.79. The highest BCUT2D eigenvalue weighted by Gasteiger charge is 2.21. The van der Waals surface area contributed by atoms with Crippen molar-refractivity contribution in [2.24, 2.45) is 5.16 Å². The Hall–Kier alpha value is -1.11. The fraction of sp³-hybridized carbons (Fsp3) is 0.429. The summed E-state index contributed by atoms with van der Waals surface area (Å²) in [5, 5.41) is 4.12. The van der Waals surface area contributed by atoms with Crippen LogP contribution in [-0.2, 0) is 20.8 Å². The Morgan fingerprint density at radius 3 is 3.05 bits per heavy atom. The van der Waals surface area contributed by atoms with Crippen molar-refractivity contribution in [3.63, 3.8) is 0 Å². The lowest BCUT2D eigenvalue weighted by Gasteiger charge is -2.07. The van der Waals surface area contributed by atoms with Crippen LogP contribution in [0.25, 0.3) is 0 Å². The van der Waals surface area contributed by atoms with Gasteiger partial charge >= 0.3 is 5.97 Å². The summed E-state index contributed by atoms with van der Waals surface area (Å²) in [6.07, 6.45) is 2.36. The van der Waals surface area contributed by atoms with Crippen LogP contribution in [0.15, 0.2) is 29.4 Å². The summed E-state index contributed by atoms with van der Waals surface area (Å²) in [4.78, 5) is 16.0. The van der Waals surface area contributed by atoms with Gasteiger partial charge in [-0.1, -0.05) is 23.4 Å². The molecule has 0 saturated heterocycles. The Labute approximate surface area is 126 Å². The van der Waals surface area contributed by atoms with Crippen molar-refractivity contribution in [1.82, 2.24) is 0 Å². The number of esters is 1. The van der Waals surface area contributed by atoms with E-state index in [0.717, 1.165) is 18.6 Å². The quantitative estimate of drug-likeness (QED) is 0.589. The highest BCUT2D eigenvalue weighted by atomic mass is 127. The second-order valence-corrected chi connectivity index (χ2v) is 5.65. The summed E-state index contributed by atoms with van der Waals surface area (Å²) in [5.41, 5.74) is 2.32. The highest BCUT2D eigenvalue weighted by Crippen LogP contribution is 2.19. The number of oxime groups is 1. The molecule has 0 aliphatic carbocycles. The first kappa shape index (κ1) is 14.3. The first-order chi connectivity index (χ1) is 9.15. The largest absolute Gasteiger partial charge is 0.466 e. The number of carbonyl (C=O) groups is 1. The molecule has 0 bridgehead atoms. The van der Waals surface area contributed by atoms with Crippen LogP contribution in [0.3, 0.4) is 0 Å². The molecule has 1 aromatic carbocycles. The number of ether oxygens (including phenoxy) is 1. The molecule has 0 amide bonds. The van der Waals surface area contributed by atoms with Gasteiger partial charge < -0.3 is 9.57 Å². The molecule has 0 radical (unpaired) electrons. The minimum Gasteiger partial charge on any atom is -0.466 e. The smallest absolute Gasteiger partial charge is 0.302 e. The average molecular weight is 373 g/mol. The van der Waals surface area contributed by atoms with Crippen molar-refractivity contribution >= 4 is 34.3 Å². The zero-order valence-electron chi connectivity index (χ0n) is 10.8. The van der Waals surface area contributed by atoms with E-state index in [4.69, 9.17) is 9.57 Å². The molecule has 1 atom stereocenters. The lowest BCUT2D eigenvalue weighted by Crippen LogP contribution is -2.13. The predicted molar refractivity (Wildman–Crippen MR) is 81.0 cm³/mol. The normalized spacial score (nSPS) is 17.8. The standard InChI is InChI=1S/C14H16INO3/c1-10(17)18-7-6-13-9-12(16-19-13)8-11-4-2-3-5-14(11)15/h2-5,13H,6-9H2,1H3. The van der Waals surface area contributed by atoms with Gasteiger partial charge in [0.15, 0.2) is 0 Å². The number of hydrogen-bond donors (Lipinski definition) is 0. The number of halogens is 1. The molecule has 102 valence electrons. The summed E-state index contributed by atoms with van der Waals surface area (Å²) >= 11 is 2.33. The number of carbonyl (C=O) groups excluding carboxylic acids is 1. The van der Waals surface area contributed by atoms with Crippen molar-refractivity contribution in [2.75, 3.05) is 6.61 Å². The molecule has 1 aromatic rings. The van der Waals surface area contributed by atoms with E-state index >= 15 is 0 Å². The van der Waals surface area contributed by atoms with Gasteiger partial charge in [0.25, 0.3) is 0 Å². The zero-order chi connectivity index (χ0) is 13.7. The Kier molecular flexibility index (Phi) is 5.18. The molecule has 0 fully saturated rings. The summed E-state index contributed by atoms with van der Waals surface area (Å²) in [6, 6.07) is 8.26. The second-order valence-electron chi connectivity index (χ2n) is 4.49. The van der Waals surface area contributed by atoms with Crippen LogP contribution < -0.4 is 0 Å². The van der Waals surface area contributed by atoms with E-state index in [0.29, 0.717) is 13.0 Å². The van der Waals surface area contributed by atoms with Crippen LogP contribution in [0.1, 0.15) is 25.3 Å². The summed E-state index contributed by atoms with van der Waals surface area (Å²) in [5.74, 6) is -0.252. The third-order valence-corrected chi connectivity index (χ3v) is 3.94. The number of rotatable bonds is 5. The minimum atomic E-state index is -0.252. The second kappa shape index (κ2) is 6.88. The maximum atomic E-state index is 10.7. The van der Waals surface area contributed by atoms with Crippen LogP contribution >= 0.6 is 22.6 Å². The minimum absolute atomic E-state index is 0.0377. The Morgan fingerprint density at radius 1 is 1.53 bits per heavy atom. The Bertz CT molecular complexity index is 487. The number of benzene rings is 1. The molecule has 0 spiro atoms. The van der Waals surface area contributed by atoms with Gasteiger partial charge in [-0.25, -0.2) is 0 Å². The van der Waals surface area contributed by atoms with E-state index in [1.807, 2.05) is 12.1 Å². The van der Waals surface area contributed by atoms with Crippen LogP contribution in [0.2, 0.25) is 0 Å². The third kappa shape index (κ3) is 4.49. The van der Waals surface area contributed by atoms with Gasteiger partial charge in [0, 0.05) is 29.8 Å². The van der Waals surface area contributed by atoms with Crippen molar-refractivity contribution < 1.29 is 14.4 Å². The maximum absolute atomic E-state index is 10.7.